The van der Waals surface area contributed by atoms with Crippen molar-refractivity contribution < 1.29 is 30.0 Å². The molecule has 1 aliphatic rings. The van der Waals surface area contributed by atoms with Gasteiger partial charge in [0.05, 0.1) is 25.3 Å². The van der Waals surface area contributed by atoms with Gasteiger partial charge in [-0.3, -0.25) is 4.90 Å². The molecule has 1 saturated heterocycles. The lowest BCUT2D eigenvalue weighted by Gasteiger charge is -2.30. The van der Waals surface area contributed by atoms with E-state index in [1.807, 2.05) is 37.3 Å². The molecule has 1 aromatic carbocycles. The van der Waals surface area contributed by atoms with Gasteiger partial charge in [-0.15, -0.1) is 0 Å². The second kappa shape index (κ2) is 9.84. The van der Waals surface area contributed by atoms with E-state index in [0.717, 1.165) is 5.56 Å². The van der Waals surface area contributed by atoms with Crippen LogP contribution in [0.4, 0.5) is 4.79 Å². The lowest BCUT2D eigenvalue weighted by Crippen LogP contribution is -2.51. The first-order chi connectivity index (χ1) is 12.5. The first-order valence-corrected chi connectivity index (χ1v) is 8.83. The van der Waals surface area contributed by atoms with E-state index in [1.54, 1.807) is 0 Å². The lowest BCUT2D eigenvalue weighted by molar-refractivity contribution is 0.0171. The largest absolute Gasteiger partial charge is 0.445 e. The SMILES string of the molecule is CCC(CO)NC[C@@H]1[C@@H](O)[C@H](O)[C@H](CO)N1C(=O)OCc1ccccc1. The van der Waals surface area contributed by atoms with Crippen molar-refractivity contribution >= 4 is 6.09 Å². The van der Waals surface area contributed by atoms with Crippen molar-refractivity contribution in [3.8, 4) is 0 Å². The molecule has 0 saturated carbocycles. The molecule has 146 valence electrons. The molecule has 2 rings (SSSR count). The van der Waals surface area contributed by atoms with E-state index in [2.05, 4.69) is 5.32 Å². The number of carbonyl (C=O) groups excluding carboxylic acids is 1. The number of rotatable bonds is 8. The second-order valence-electron chi connectivity index (χ2n) is 6.44. The van der Waals surface area contributed by atoms with Gasteiger partial charge in [-0.1, -0.05) is 37.3 Å². The third-order valence-electron chi connectivity index (χ3n) is 4.78. The van der Waals surface area contributed by atoms with Gasteiger partial charge in [0.25, 0.3) is 0 Å². The summed E-state index contributed by atoms with van der Waals surface area (Å²) < 4.78 is 5.31. The molecule has 0 aromatic heterocycles. The maximum atomic E-state index is 12.6. The predicted molar refractivity (Wildman–Crippen MR) is 94.3 cm³/mol. The highest BCUT2D eigenvalue weighted by molar-refractivity contribution is 5.69. The first kappa shape index (κ1) is 20.6. The van der Waals surface area contributed by atoms with Crippen LogP contribution in [0.1, 0.15) is 18.9 Å². The Labute approximate surface area is 153 Å². The van der Waals surface area contributed by atoms with Gasteiger partial charge in [0, 0.05) is 12.6 Å². The zero-order valence-corrected chi connectivity index (χ0v) is 14.9. The van der Waals surface area contributed by atoms with Crippen LogP contribution in [-0.2, 0) is 11.3 Å². The van der Waals surface area contributed by atoms with Crippen molar-refractivity contribution in [2.24, 2.45) is 0 Å². The van der Waals surface area contributed by atoms with Gasteiger partial charge < -0.3 is 30.5 Å². The van der Waals surface area contributed by atoms with Gasteiger partial charge in [-0.05, 0) is 12.0 Å². The quantitative estimate of drug-likeness (QED) is 0.417. The third-order valence-corrected chi connectivity index (χ3v) is 4.78. The van der Waals surface area contributed by atoms with E-state index in [4.69, 9.17) is 4.74 Å². The molecule has 5 atom stereocenters. The highest BCUT2D eigenvalue weighted by atomic mass is 16.6. The fourth-order valence-corrected chi connectivity index (χ4v) is 3.14. The minimum Gasteiger partial charge on any atom is -0.445 e. The standard InChI is InChI=1S/C18H28N2O6/c1-2-13(9-21)19-8-14-16(23)17(24)15(10-22)20(14)18(25)26-11-12-6-4-3-5-7-12/h3-7,13-17,19,21-24H,2,8-11H2,1H3/t13?,14-,15+,16-,17-/m1/s1. The van der Waals surface area contributed by atoms with Crippen LogP contribution >= 0.6 is 0 Å². The van der Waals surface area contributed by atoms with Crippen LogP contribution in [-0.4, -0.2) is 81.5 Å². The Bertz CT molecular complexity index is 554. The molecule has 0 bridgehead atoms. The average Bonchev–Trinajstić information content (AvgIpc) is 2.92. The predicted octanol–water partition coefficient (Wildman–Crippen LogP) is -0.549. The molecule has 1 heterocycles. The molecule has 1 amide bonds. The number of amides is 1. The minimum atomic E-state index is -1.27. The number of hydrogen-bond donors (Lipinski definition) is 5. The molecular weight excluding hydrogens is 340 g/mol. The highest BCUT2D eigenvalue weighted by Crippen LogP contribution is 2.26. The van der Waals surface area contributed by atoms with Crippen molar-refractivity contribution in [1.82, 2.24) is 10.2 Å². The summed E-state index contributed by atoms with van der Waals surface area (Å²) in [7, 11) is 0. The molecule has 0 spiro atoms. The summed E-state index contributed by atoms with van der Waals surface area (Å²) in [6.45, 7) is 1.54. The van der Waals surface area contributed by atoms with Crippen LogP contribution in [0.5, 0.6) is 0 Å². The van der Waals surface area contributed by atoms with Crippen molar-refractivity contribution in [1.29, 1.82) is 0 Å². The Morgan fingerprint density at radius 3 is 2.42 bits per heavy atom. The fraction of sp³-hybridized carbons (Fsp3) is 0.611. The number of carbonyl (C=O) groups is 1. The van der Waals surface area contributed by atoms with E-state index in [0.29, 0.717) is 6.42 Å². The summed E-state index contributed by atoms with van der Waals surface area (Å²) >= 11 is 0. The van der Waals surface area contributed by atoms with Gasteiger partial charge in [0.1, 0.15) is 18.8 Å². The molecule has 1 aliphatic heterocycles. The molecular formula is C18H28N2O6. The molecule has 1 fully saturated rings. The topological polar surface area (TPSA) is 122 Å². The molecule has 26 heavy (non-hydrogen) atoms. The van der Waals surface area contributed by atoms with E-state index in [-0.39, 0.29) is 25.8 Å². The van der Waals surface area contributed by atoms with Gasteiger partial charge in [-0.25, -0.2) is 4.79 Å². The Hall–Kier alpha value is -1.71. The summed E-state index contributed by atoms with van der Waals surface area (Å²) in [4.78, 5) is 13.8. The number of likely N-dealkylation sites (tertiary alicyclic amines) is 1. The van der Waals surface area contributed by atoms with Crippen LogP contribution in [0.25, 0.3) is 0 Å². The fourth-order valence-electron chi connectivity index (χ4n) is 3.14. The minimum absolute atomic E-state index is 0.0505. The Balaban J connectivity index is 2.07. The van der Waals surface area contributed by atoms with Crippen LogP contribution in [0.3, 0.4) is 0 Å². The normalized spacial score (nSPS) is 26.7. The summed E-state index contributed by atoms with van der Waals surface area (Å²) in [6, 6.07) is 7.24. The average molecular weight is 368 g/mol. The van der Waals surface area contributed by atoms with Crippen molar-refractivity contribution in [2.75, 3.05) is 19.8 Å². The highest BCUT2D eigenvalue weighted by Gasteiger charge is 2.50. The smallest absolute Gasteiger partial charge is 0.410 e. The number of aliphatic hydroxyl groups excluding tert-OH is 4. The zero-order chi connectivity index (χ0) is 19.1. The number of ether oxygens (including phenoxy) is 1. The number of benzene rings is 1. The van der Waals surface area contributed by atoms with Gasteiger partial charge in [0.15, 0.2) is 0 Å². The monoisotopic (exact) mass is 368 g/mol. The maximum Gasteiger partial charge on any atom is 0.410 e. The van der Waals surface area contributed by atoms with Gasteiger partial charge in [0.2, 0.25) is 0 Å². The van der Waals surface area contributed by atoms with Gasteiger partial charge >= 0.3 is 6.09 Å². The van der Waals surface area contributed by atoms with Crippen molar-refractivity contribution in [3.63, 3.8) is 0 Å². The number of nitrogens with zero attached hydrogens (tertiary/aromatic N) is 1. The summed E-state index contributed by atoms with van der Waals surface area (Å²) in [5.41, 5.74) is 0.808. The molecule has 0 radical (unpaired) electrons. The third kappa shape index (κ3) is 4.72. The Morgan fingerprint density at radius 1 is 1.19 bits per heavy atom. The Kier molecular flexibility index (Phi) is 7.80. The summed E-state index contributed by atoms with van der Waals surface area (Å²) in [5, 5.41) is 42.4. The first-order valence-electron chi connectivity index (χ1n) is 8.83. The number of aliphatic hydroxyl groups is 4. The van der Waals surface area contributed by atoms with Crippen LogP contribution < -0.4 is 5.32 Å². The molecule has 1 unspecified atom stereocenters. The Morgan fingerprint density at radius 2 is 1.85 bits per heavy atom. The van der Waals surface area contributed by atoms with E-state index in [9.17, 15) is 25.2 Å². The van der Waals surface area contributed by atoms with Crippen LogP contribution in [0.2, 0.25) is 0 Å². The number of nitrogens with one attached hydrogen (secondary N) is 1. The van der Waals surface area contributed by atoms with E-state index >= 15 is 0 Å². The van der Waals surface area contributed by atoms with Crippen LogP contribution in [0, 0.1) is 0 Å². The molecule has 5 N–H and O–H groups in total. The molecule has 1 aromatic rings. The summed E-state index contributed by atoms with van der Waals surface area (Å²) in [5.74, 6) is 0. The zero-order valence-electron chi connectivity index (χ0n) is 14.9. The maximum absolute atomic E-state index is 12.6. The second-order valence-corrected chi connectivity index (χ2v) is 6.44. The van der Waals surface area contributed by atoms with E-state index < -0.39 is 37.0 Å². The summed E-state index contributed by atoms with van der Waals surface area (Å²) in [6.07, 6.45) is -2.54. The molecule has 0 aliphatic carbocycles. The van der Waals surface area contributed by atoms with Gasteiger partial charge in [-0.2, -0.15) is 0 Å². The lowest BCUT2D eigenvalue weighted by atomic mass is 10.1. The van der Waals surface area contributed by atoms with Crippen LogP contribution in [0.15, 0.2) is 30.3 Å². The molecule has 8 nitrogen and oxygen atoms in total. The molecule has 8 heteroatoms. The van der Waals surface area contributed by atoms with Crippen molar-refractivity contribution in [2.45, 2.75) is 50.3 Å². The number of hydrogen-bond acceptors (Lipinski definition) is 7. The van der Waals surface area contributed by atoms with Crippen molar-refractivity contribution in [3.05, 3.63) is 35.9 Å². The van der Waals surface area contributed by atoms with E-state index in [1.165, 1.54) is 4.90 Å².